The smallest absolute Gasteiger partial charge is 0.265 e. The van der Waals surface area contributed by atoms with Crippen molar-refractivity contribution in [2.75, 3.05) is 10.8 Å². The van der Waals surface area contributed by atoms with Crippen LogP contribution in [0.4, 0.5) is 10.1 Å². The van der Waals surface area contributed by atoms with E-state index in [2.05, 4.69) is 5.32 Å². The standard InChI is InChI=1S/C30H34FN3O4S/c1-2-25(30(36)32-24-10-3-4-11-24)33(20-21-15-17-23(31)18-16-21)28(35)14-7-19-34-26-12-5-8-22-9-6-13-27(29(22)26)39(34,37)38/h5-6,8-9,12-13,15-18,24-25H,2-4,7,10-11,14,19-20H2,1H3,(H,32,36)/t25-/m0/s1. The SMILES string of the molecule is CC[C@@H](C(=O)NC1CCCC1)N(Cc1ccc(F)cc1)C(=O)CCCN1c2cccc3cccc(c23)S1(=O)=O. The average Bonchev–Trinajstić information content (AvgIpc) is 3.51. The number of carbonyl (C=O) groups excluding carboxylic acids is 2. The molecule has 206 valence electrons. The van der Waals surface area contributed by atoms with Gasteiger partial charge in [0.15, 0.2) is 0 Å². The third kappa shape index (κ3) is 5.50. The number of carbonyl (C=O) groups is 2. The summed E-state index contributed by atoms with van der Waals surface area (Å²) < 4.78 is 41.5. The molecular formula is C30H34FN3O4S. The molecule has 0 unspecified atom stereocenters. The van der Waals surface area contributed by atoms with Crippen molar-refractivity contribution in [2.24, 2.45) is 0 Å². The Morgan fingerprint density at radius 3 is 2.44 bits per heavy atom. The number of sulfonamides is 1. The van der Waals surface area contributed by atoms with Gasteiger partial charge in [0.05, 0.1) is 10.6 Å². The van der Waals surface area contributed by atoms with Gasteiger partial charge in [-0.1, -0.05) is 56.2 Å². The van der Waals surface area contributed by atoms with Crippen LogP contribution >= 0.6 is 0 Å². The summed E-state index contributed by atoms with van der Waals surface area (Å²) in [6.45, 7) is 2.19. The maximum Gasteiger partial charge on any atom is 0.265 e. The molecule has 1 aliphatic heterocycles. The Morgan fingerprint density at radius 1 is 1.05 bits per heavy atom. The van der Waals surface area contributed by atoms with Crippen LogP contribution in [0.15, 0.2) is 65.6 Å². The molecule has 0 bridgehead atoms. The number of nitrogens with one attached hydrogen (secondary N) is 1. The first-order chi connectivity index (χ1) is 18.8. The van der Waals surface area contributed by atoms with E-state index in [-0.39, 0.29) is 48.1 Å². The van der Waals surface area contributed by atoms with E-state index in [0.29, 0.717) is 23.9 Å². The number of amides is 2. The molecule has 2 aliphatic rings. The first-order valence-electron chi connectivity index (χ1n) is 13.7. The zero-order valence-corrected chi connectivity index (χ0v) is 22.9. The highest BCUT2D eigenvalue weighted by molar-refractivity contribution is 7.93. The van der Waals surface area contributed by atoms with Gasteiger partial charge in [-0.25, -0.2) is 12.8 Å². The van der Waals surface area contributed by atoms with Gasteiger partial charge in [-0.2, -0.15) is 0 Å². The fourth-order valence-electron chi connectivity index (χ4n) is 5.79. The fraction of sp³-hybridized carbons (Fsp3) is 0.400. The Kier molecular flexibility index (Phi) is 7.88. The van der Waals surface area contributed by atoms with Crippen molar-refractivity contribution < 1.29 is 22.4 Å². The van der Waals surface area contributed by atoms with Crippen molar-refractivity contribution in [3.05, 3.63) is 72.0 Å². The minimum absolute atomic E-state index is 0.0761. The quantitative estimate of drug-likeness (QED) is 0.378. The molecule has 2 amide bonds. The highest BCUT2D eigenvalue weighted by atomic mass is 32.2. The number of nitrogens with zero attached hydrogens (tertiary/aromatic N) is 2. The molecule has 1 atom stereocenters. The molecule has 9 heteroatoms. The lowest BCUT2D eigenvalue weighted by atomic mass is 10.1. The van der Waals surface area contributed by atoms with Gasteiger partial charge < -0.3 is 10.2 Å². The molecule has 1 heterocycles. The van der Waals surface area contributed by atoms with Crippen molar-refractivity contribution in [1.29, 1.82) is 0 Å². The first-order valence-corrected chi connectivity index (χ1v) is 15.1. The van der Waals surface area contributed by atoms with Crippen LogP contribution in [0.2, 0.25) is 0 Å². The van der Waals surface area contributed by atoms with Crippen molar-refractivity contribution in [3.63, 3.8) is 0 Å². The molecule has 3 aromatic rings. The topological polar surface area (TPSA) is 86.8 Å². The molecule has 5 rings (SSSR count). The maximum absolute atomic E-state index is 13.6. The number of anilines is 1. The summed E-state index contributed by atoms with van der Waals surface area (Å²) >= 11 is 0. The number of rotatable bonds is 10. The van der Waals surface area contributed by atoms with Crippen molar-refractivity contribution in [2.45, 2.75) is 75.4 Å². The predicted octanol–water partition coefficient (Wildman–Crippen LogP) is 5.13. The summed E-state index contributed by atoms with van der Waals surface area (Å²) in [6, 6.07) is 16.1. The molecule has 1 N–H and O–H groups in total. The van der Waals surface area contributed by atoms with Gasteiger partial charge >= 0.3 is 0 Å². The van der Waals surface area contributed by atoms with E-state index in [9.17, 15) is 22.4 Å². The van der Waals surface area contributed by atoms with Gasteiger partial charge in [-0.3, -0.25) is 13.9 Å². The van der Waals surface area contributed by atoms with E-state index in [4.69, 9.17) is 0 Å². The summed E-state index contributed by atoms with van der Waals surface area (Å²) in [7, 11) is -3.71. The van der Waals surface area contributed by atoms with Crippen molar-refractivity contribution >= 4 is 38.3 Å². The molecule has 39 heavy (non-hydrogen) atoms. The van der Waals surface area contributed by atoms with Gasteiger partial charge in [0, 0.05) is 30.9 Å². The second-order valence-electron chi connectivity index (χ2n) is 10.4. The molecular weight excluding hydrogens is 517 g/mol. The van der Waals surface area contributed by atoms with Crippen LogP contribution in [0.1, 0.15) is 57.4 Å². The molecule has 1 fully saturated rings. The largest absolute Gasteiger partial charge is 0.352 e. The van der Waals surface area contributed by atoms with E-state index in [0.717, 1.165) is 36.6 Å². The zero-order chi connectivity index (χ0) is 27.6. The molecule has 0 aromatic heterocycles. The Labute approximate surface area is 229 Å². The van der Waals surface area contributed by atoms with Gasteiger partial charge in [-0.05, 0) is 60.9 Å². The van der Waals surface area contributed by atoms with Crippen LogP contribution in [0.5, 0.6) is 0 Å². The highest BCUT2D eigenvalue weighted by Gasteiger charge is 2.36. The normalized spacial score (nSPS) is 16.9. The summed E-state index contributed by atoms with van der Waals surface area (Å²) in [5, 5.41) is 4.68. The lowest BCUT2D eigenvalue weighted by molar-refractivity contribution is -0.141. The molecule has 0 radical (unpaired) electrons. The molecule has 7 nitrogen and oxygen atoms in total. The average molecular weight is 552 g/mol. The van der Waals surface area contributed by atoms with Gasteiger partial charge in [0.1, 0.15) is 11.9 Å². The van der Waals surface area contributed by atoms with Crippen LogP contribution in [0, 0.1) is 5.82 Å². The predicted molar refractivity (Wildman–Crippen MR) is 149 cm³/mol. The summed E-state index contributed by atoms with van der Waals surface area (Å²) in [4.78, 5) is 28.7. The van der Waals surface area contributed by atoms with Crippen LogP contribution in [0.25, 0.3) is 10.8 Å². The Morgan fingerprint density at radius 2 is 1.74 bits per heavy atom. The highest BCUT2D eigenvalue weighted by Crippen LogP contribution is 2.42. The molecule has 1 aliphatic carbocycles. The number of hydrogen-bond donors (Lipinski definition) is 1. The summed E-state index contributed by atoms with van der Waals surface area (Å²) in [5.74, 6) is -0.783. The Bertz CT molecular complexity index is 1460. The zero-order valence-electron chi connectivity index (χ0n) is 22.1. The van der Waals surface area contributed by atoms with Crippen LogP contribution in [0.3, 0.4) is 0 Å². The van der Waals surface area contributed by atoms with E-state index in [1.807, 2.05) is 25.1 Å². The van der Waals surface area contributed by atoms with E-state index in [1.54, 1.807) is 35.2 Å². The first kappa shape index (κ1) is 27.1. The second kappa shape index (κ2) is 11.3. The van der Waals surface area contributed by atoms with Crippen LogP contribution in [-0.4, -0.2) is 43.8 Å². The molecule has 0 saturated heterocycles. The monoisotopic (exact) mass is 551 g/mol. The van der Waals surface area contributed by atoms with Gasteiger partial charge in [0.2, 0.25) is 11.8 Å². The van der Waals surface area contributed by atoms with Crippen molar-refractivity contribution in [3.8, 4) is 0 Å². The fourth-order valence-corrected chi connectivity index (χ4v) is 7.54. The third-order valence-corrected chi connectivity index (χ3v) is 9.64. The van der Waals surface area contributed by atoms with Crippen molar-refractivity contribution in [1.82, 2.24) is 10.2 Å². The minimum atomic E-state index is -3.71. The molecule has 0 spiro atoms. The van der Waals surface area contributed by atoms with E-state index < -0.39 is 16.1 Å². The molecule has 1 saturated carbocycles. The summed E-state index contributed by atoms with van der Waals surface area (Å²) in [5.41, 5.74) is 1.35. The summed E-state index contributed by atoms with van der Waals surface area (Å²) in [6.07, 6.45) is 4.84. The van der Waals surface area contributed by atoms with E-state index >= 15 is 0 Å². The number of halogens is 1. The number of benzene rings is 3. The second-order valence-corrected chi connectivity index (χ2v) is 12.2. The Hall–Kier alpha value is -3.46. The lowest BCUT2D eigenvalue weighted by Gasteiger charge is -2.32. The van der Waals surface area contributed by atoms with Crippen LogP contribution in [-0.2, 0) is 26.2 Å². The third-order valence-electron chi connectivity index (χ3n) is 7.79. The maximum atomic E-state index is 13.6. The van der Waals surface area contributed by atoms with E-state index in [1.165, 1.54) is 16.4 Å². The van der Waals surface area contributed by atoms with Gasteiger partial charge in [-0.15, -0.1) is 0 Å². The molecule has 3 aromatic carbocycles. The number of hydrogen-bond acceptors (Lipinski definition) is 4. The van der Waals surface area contributed by atoms with Crippen LogP contribution < -0.4 is 9.62 Å². The van der Waals surface area contributed by atoms with Gasteiger partial charge in [0.25, 0.3) is 10.0 Å². The Balaban J connectivity index is 1.32. The lowest BCUT2D eigenvalue weighted by Crippen LogP contribution is -2.51. The minimum Gasteiger partial charge on any atom is -0.352 e.